The molecule has 18 heavy (non-hydrogen) atoms. The van der Waals surface area contributed by atoms with Gasteiger partial charge in [0.25, 0.3) is 0 Å². The van der Waals surface area contributed by atoms with Crippen LogP contribution in [0.15, 0.2) is 0 Å². The van der Waals surface area contributed by atoms with Crippen molar-refractivity contribution in [2.45, 2.75) is 44.7 Å². The van der Waals surface area contributed by atoms with Crippen LogP contribution < -0.4 is 10.6 Å². The van der Waals surface area contributed by atoms with E-state index in [4.69, 9.17) is 0 Å². The van der Waals surface area contributed by atoms with E-state index in [1.165, 1.54) is 0 Å². The average Bonchev–Trinajstić information content (AvgIpc) is 2.32. The van der Waals surface area contributed by atoms with E-state index < -0.39 is 12.6 Å². The van der Waals surface area contributed by atoms with Gasteiger partial charge in [0.2, 0.25) is 5.91 Å². The van der Waals surface area contributed by atoms with Gasteiger partial charge in [0, 0.05) is 19.4 Å². The molecule has 0 saturated carbocycles. The van der Waals surface area contributed by atoms with E-state index in [-0.39, 0.29) is 18.9 Å². The zero-order valence-corrected chi connectivity index (χ0v) is 10.5. The fraction of sp³-hybridized carbons (Fsp3) is 0.917. The highest BCUT2D eigenvalue weighted by molar-refractivity contribution is 5.75. The lowest BCUT2D eigenvalue weighted by Crippen LogP contribution is -2.30. The molecule has 0 unspecified atom stereocenters. The van der Waals surface area contributed by atoms with Crippen molar-refractivity contribution in [1.29, 1.82) is 0 Å². The molecule has 1 rings (SSSR count). The summed E-state index contributed by atoms with van der Waals surface area (Å²) in [4.78, 5) is 11.4. The Morgan fingerprint density at radius 1 is 1.28 bits per heavy atom. The van der Waals surface area contributed by atoms with Crippen molar-refractivity contribution in [3.8, 4) is 0 Å². The first-order valence-electron chi connectivity index (χ1n) is 6.51. The molecule has 0 atom stereocenters. The molecule has 0 aliphatic carbocycles. The van der Waals surface area contributed by atoms with Crippen molar-refractivity contribution in [3.05, 3.63) is 0 Å². The van der Waals surface area contributed by atoms with Gasteiger partial charge in [-0.2, -0.15) is 13.2 Å². The smallest absolute Gasteiger partial charge is 0.356 e. The first-order valence-corrected chi connectivity index (χ1v) is 6.51. The summed E-state index contributed by atoms with van der Waals surface area (Å²) in [5, 5.41) is 5.79. The Kier molecular flexibility index (Phi) is 6.46. The molecule has 1 aliphatic rings. The van der Waals surface area contributed by atoms with Crippen LogP contribution in [0.5, 0.6) is 0 Å². The van der Waals surface area contributed by atoms with Gasteiger partial charge < -0.3 is 10.6 Å². The molecule has 0 spiro atoms. The average molecular weight is 266 g/mol. The number of halogens is 3. The van der Waals surface area contributed by atoms with Crippen LogP contribution in [-0.4, -0.2) is 31.7 Å². The monoisotopic (exact) mass is 266 g/mol. The van der Waals surface area contributed by atoms with Crippen molar-refractivity contribution in [2.24, 2.45) is 5.92 Å². The summed E-state index contributed by atoms with van der Waals surface area (Å²) >= 11 is 0. The van der Waals surface area contributed by atoms with E-state index >= 15 is 0 Å². The predicted octanol–water partition coefficient (Wildman–Crippen LogP) is 2.22. The molecule has 1 saturated heterocycles. The van der Waals surface area contributed by atoms with Gasteiger partial charge in [-0.1, -0.05) is 0 Å². The SMILES string of the molecule is O=C(CCC1CCNCC1)NCCCC(F)(F)F. The normalized spacial score (nSPS) is 17.7. The maximum atomic E-state index is 11.9. The largest absolute Gasteiger partial charge is 0.389 e. The van der Waals surface area contributed by atoms with Crippen LogP contribution in [0.25, 0.3) is 0 Å². The molecule has 0 bridgehead atoms. The Bertz CT molecular complexity index is 250. The Labute approximate surface area is 106 Å². The van der Waals surface area contributed by atoms with Gasteiger partial charge in [-0.05, 0) is 44.7 Å². The number of nitrogens with one attached hydrogen (secondary N) is 2. The summed E-state index contributed by atoms with van der Waals surface area (Å²) in [5.74, 6) is 0.447. The molecule has 1 aliphatic heterocycles. The van der Waals surface area contributed by atoms with Crippen LogP contribution in [0, 0.1) is 5.92 Å². The molecule has 3 nitrogen and oxygen atoms in total. The number of alkyl halides is 3. The molecule has 2 N–H and O–H groups in total. The van der Waals surface area contributed by atoms with E-state index in [0.717, 1.165) is 32.4 Å². The predicted molar refractivity (Wildman–Crippen MR) is 63.1 cm³/mol. The number of carbonyl (C=O) groups is 1. The van der Waals surface area contributed by atoms with Crippen molar-refractivity contribution in [3.63, 3.8) is 0 Å². The number of amides is 1. The van der Waals surface area contributed by atoms with E-state index in [1.54, 1.807) is 0 Å². The second-order valence-corrected chi connectivity index (χ2v) is 4.80. The maximum Gasteiger partial charge on any atom is 0.389 e. The minimum atomic E-state index is -4.13. The minimum Gasteiger partial charge on any atom is -0.356 e. The van der Waals surface area contributed by atoms with Gasteiger partial charge in [-0.25, -0.2) is 0 Å². The van der Waals surface area contributed by atoms with E-state index in [9.17, 15) is 18.0 Å². The highest BCUT2D eigenvalue weighted by Crippen LogP contribution is 2.21. The summed E-state index contributed by atoms with van der Waals surface area (Å²) in [5.41, 5.74) is 0. The van der Waals surface area contributed by atoms with E-state index in [2.05, 4.69) is 10.6 Å². The number of hydrogen-bond donors (Lipinski definition) is 2. The van der Waals surface area contributed by atoms with Gasteiger partial charge in [-0.15, -0.1) is 0 Å². The van der Waals surface area contributed by atoms with Crippen molar-refractivity contribution in [2.75, 3.05) is 19.6 Å². The number of piperidine rings is 1. The molecule has 0 aromatic carbocycles. The Morgan fingerprint density at radius 2 is 1.94 bits per heavy atom. The zero-order chi connectivity index (χ0) is 13.4. The molecule has 0 aromatic rings. The summed E-state index contributed by atoms with van der Waals surface area (Å²) in [6.07, 6.45) is -1.56. The molecular formula is C12H21F3N2O. The van der Waals surface area contributed by atoms with E-state index in [0.29, 0.717) is 12.3 Å². The number of carbonyl (C=O) groups excluding carboxylic acids is 1. The minimum absolute atomic E-state index is 0.0391. The fourth-order valence-corrected chi connectivity index (χ4v) is 2.11. The molecule has 0 aromatic heterocycles. The molecule has 1 heterocycles. The Morgan fingerprint density at radius 3 is 2.56 bits per heavy atom. The van der Waals surface area contributed by atoms with Crippen molar-refractivity contribution in [1.82, 2.24) is 10.6 Å². The highest BCUT2D eigenvalue weighted by Gasteiger charge is 2.26. The summed E-state index contributed by atoms with van der Waals surface area (Å²) in [6.45, 7) is 2.11. The second-order valence-electron chi connectivity index (χ2n) is 4.80. The molecule has 1 amide bonds. The first kappa shape index (κ1) is 15.3. The van der Waals surface area contributed by atoms with E-state index in [1.807, 2.05) is 0 Å². The maximum absolute atomic E-state index is 11.9. The van der Waals surface area contributed by atoms with Gasteiger partial charge in [-0.3, -0.25) is 4.79 Å². The van der Waals surface area contributed by atoms with Gasteiger partial charge in [0.15, 0.2) is 0 Å². The topological polar surface area (TPSA) is 41.1 Å². The Hall–Kier alpha value is -0.780. The molecule has 6 heteroatoms. The third kappa shape index (κ3) is 7.53. The third-order valence-electron chi connectivity index (χ3n) is 3.20. The number of hydrogen-bond acceptors (Lipinski definition) is 2. The molecular weight excluding hydrogens is 245 g/mol. The van der Waals surface area contributed by atoms with Crippen LogP contribution in [0.3, 0.4) is 0 Å². The van der Waals surface area contributed by atoms with Crippen LogP contribution in [0.1, 0.15) is 38.5 Å². The lowest BCUT2D eigenvalue weighted by Gasteiger charge is -2.22. The van der Waals surface area contributed by atoms with Gasteiger partial charge in [0.05, 0.1) is 0 Å². The van der Waals surface area contributed by atoms with Gasteiger partial charge in [0.1, 0.15) is 0 Å². The highest BCUT2D eigenvalue weighted by atomic mass is 19.4. The fourth-order valence-electron chi connectivity index (χ4n) is 2.11. The molecule has 1 fully saturated rings. The zero-order valence-electron chi connectivity index (χ0n) is 10.5. The van der Waals surface area contributed by atoms with Crippen LogP contribution in [-0.2, 0) is 4.79 Å². The standard InChI is InChI=1S/C12H21F3N2O/c13-12(14,15)6-1-7-17-11(18)3-2-10-4-8-16-9-5-10/h10,16H,1-9H2,(H,17,18). The van der Waals surface area contributed by atoms with Crippen molar-refractivity contribution >= 4 is 5.91 Å². The van der Waals surface area contributed by atoms with Crippen LogP contribution in [0.4, 0.5) is 13.2 Å². The molecule has 106 valence electrons. The second kappa shape index (κ2) is 7.61. The lowest BCUT2D eigenvalue weighted by molar-refractivity contribution is -0.136. The third-order valence-corrected chi connectivity index (χ3v) is 3.20. The summed E-state index contributed by atoms with van der Waals surface area (Å²) in [7, 11) is 0. The first-order chi connectivity index (χ1) is 8.47. The van der Waals surface area contributed by atoms with Crippen LogP contribution in [0.2, 0.25) is 0 Å². The summed E-state index contributed by atoms with van der Waals surface area (Å²) < 4.78 is 35.6. The quantitative estimate of drug-likeness (QED) is 0.724. The molecule has 0 radical (unpaired) electrons. The van der Waals surface area contributed by atoms with Crippen LogP contribution >= 0.6 is 0 Å². The lowest BCUT2D eigenvalue weighted by atomic mass is 9.93. The van der Waals surface area contributed by atoms with Crippen molar-refractivity contribution < 1.29 is 18.0 Å². The van der Waals surface area contributed by atoms with Gasteiger partial charge >= 0.3 is 6.18 Å². The number of rotatable bonds is 6. The summed E-state index contributed by atoms with van der Waals surface area (Å²) in [6, 6.07) is 0. The Balaban J connectivity index is 2.00.